The Morgan fingerprint density at radius 3 is 2.23 bits per heavy atom. The minimum Gasteiger partial charge on any atom is -0.480 e. The van der Waals surface area contributed by atoms with Gasteiger partial charge in [-0.1, -0.05) is 0 Å². The number of nitrogens with one attached hydrogen (secondary N) is 4. The molecule has 0 aliphatic carbocycles. The van der Waals surface area contributed by atoms with Crippen molar-refractivity contribution in [2.24, 2.45) is 5.73 Å². The Bertz CT molecular complexity index is 650. The minimum atomic E-state index is -1.63. The summed E-state index contributed by atoms with van der Waals surface area (Å²) >= 11 is 0. The molecule has 0 bridgehead atoms. The highest BCUT2D eigenvalue weighted by atomic mass is 16.4. The predicted molar refractivity (Wildman–Crippen MR) is 102 cm³/mol. The van der Waals surface area contributed by atoms with E-state index in [4.69, 9.17) is 15.9 Å². The van der Waals surface area contributed by atoms with Crippen LogP contribution in [-0.4, -0.2) is 88.3 Å². The highest BCUT2D eigenvalue weighted by Gasteiger charge is 2.33. The van der Waals surface area contributed by atoms with Gasteiger partial charge in [-0.25, -0.2) is 4.79 Å². The summed E-state index contributed by atoms with van der Waals surface area (Å²) in [5.74, 6) is -4.56. The minimum absolute atomic E-state index is 0.137. The predicted octanol–water partition coefficient (Wildman–Crippen LogP) is -4.08. The molecule has 9 N–H and O–H groups in total. The molecule has 1 fully saturated rings. The summed E-state index contributed by atoms with van der Waals surface area (Å²) in [6, 6.07) is -4.90. The molecule has 1 rings (SSSR count). The lowest BCUT2D eigenvalue weighted by molar-refractivity contribution is -0.144. The Kier molecular flexibility index (Phi) is 10.1. The fraction of sp³-hybridized carbons (Fsp3) is 0.706. The maximum Gasteiger partial charge on any atom is 0.328 e. The first-order valence-electron chi connectivity index (χ1n) is 9.51. The number of amides is 4. The van der Waals surface area contributed by atoms with Gasteiger partial charge in [-0.15, -0.1) is 0 Å². The summed E-state index contributed by atoms with van der Waals surface area (Å²) < 4.78 is 0. The quantitative estimate of drug-likeness (QED) is 0.150. The lowest BCUT2D eigenvalue weighted by Crippen LogP contribution is -2.60. The number of primary amides is 1. The van der Waals surface area contributed by atoms with Crippen LogP contribution in [0.5, 0.6) is 0 Å². The van der Waals surface area contributed by atoms with Crippen molar-refractivity contribution in [2.75, 3.05) is 13.2 Å². The van der Waals surface area contributed by atoms with Crippen LogP contribution in [0.3, 0.4) is 0 Å². The lowest BCUT2D eigenvalue weighted by atomic mass is 10.1. The second-order valence-electron chi connectivity index (χ2n) is 7.02. The van der Waals surface area contributed by atoms with E-state index in [1.807, 2.05) is 5.32 Å². The number of aliphatic hydroxyl groups is 2. The summed E-state index contributed by atoms with van der Waals surface area (Å²) in [6.07, 6.45) is -0.413. The second-order valence-corrected chi connectivity index (χ2v) is 7.02. The van der Waals surface area contributed by atoms with E-state index in [0.29, 0.717) is 13.0 Å². The standard InChI is InChI=1S/C17H29N5O8/c1-8(24)13(16(28)21-11(7-23)17(29)30)22-15(27)10(4-5-12(18)25)20-14(26)9-3-2-6-19-9/h8-11,13,19,23-24H,2-7H2,1H3,(H2,18,25)(H,20,26)(H,21,28)(H,22,27)(H,29,30). The second kappa shape index (κ2) is 12.0. The first-order chi connectivity index (χ1) is 14.1. The van der Waals surface area contributed by atoms with E-state index in [9.17, 15) is 29.1 Å². The Morgan fingerprint density at radius 2 is 1.77 bits per heavy atom. The maximum absolute atomic E-state index is 12.7. The van der Waals surface area contributed by atoms with Crippen molar-refractivity contribution in [1.29, 1.82) is 0 Å². The van der Waals surface area contributed by atoms with Crippen LogP contribution in [0.1, 0.15) is 32.6 Å². The molecule has 1 aliphatic rings. The number of carboxylic acids is 1. The van der Waals surface area contributed by atoms with E-state index in [-0.39, 0.29) is 12.8 Å². The van der Waals surface area contributed by atoms with Crippen molar-refractivity contribution in [3.05, 3.63) is 0 Å². The zero-order valence-corrected chi connectivity index (χ0v) is 16.6. The van der Waals surface area contributed by atoms with Crippen LogP contribution >= 0.6 is 0 Å². The van der Waals surface area contributed by atoms with Crippen molar-refractivity contribution < 1.29 is 39.3 Å². The van der Waals surface area contributed by atoms with E-state index < -0.39 is 66.5 Å². The van der Waals surface area contributed by atoms with Gasteiger partial charge >= 0.3 is 5.97 Å². The van der Waals surface area contributed by atoms with Crippen molar-refractivity contribution in [3.8, 4) is 0 Å². The molecule has 0 radical (unpaired) electrons. The number of aliphatic hydroxyl groups excluding tert-OH is 2. The molecule has 1 heterocycles. The molecule has 1 aliphatic heterocycles. The van der Waals surface area contributed by atoms with Crippen LogP contribution in [0.2, 0.25) is 0 Å². The van der Waals surface area contributed by atoms with Crippen molar-refractivity contribution in [3.63, 3.8) is 0 Å². The largest absolute Gasteiger partial charge is 0.480 e. The van der Waals surface area contributed by atoms with Gasteiger partial charge < -0.3 is 42.3 Å². The van der Waals surface area contributed by atoms with Gasteiger partial charge in [0.2, 0.25) is 23.6 Å². The van der Waals surface area contributed by atoms with Gasteiger partial charge in [0.05, 0.1) is 18.8 Å². The third kappa shape index (κ3) is 7.93. The molecule has 13 heteroatoms. The van der Waals surface area contributed by atoms with Crippen molar-refractivity contribution >= 4 is 29.6 Å². The summed E-state index contributed by atoms with van der Waals surface area (Å²) in [6.45, 7) is 0.946. The summed E-state index contributed by atoms with van der Waals surface area (Å²) in [5, 5.41) is 37.5. The summed E-state index contributed by atoms with van der Waals surface area (Å²) in [5.41, 5.74) is 5.11. The number of carboxylic acid groups (broad SMARTS) is 1. The molecule has 1 saturated heterocycles. The van der Waals surface area contributed by atoms with Crippen LogP contribution in [0.15, 0.2) is 0 Å². The smallest absolute Gasteiger partial charge is 0.328 e. The van der Waals surface area contributed by atoms with Gasteiger partial charge in [0.15, 0.2) is 0 Å². The Hall–Kier alpha value is -2.77. The topological polar surface area (TPSA) is 220 Å². The number of hydrogen-bond donors (Lipinski definition) is 8. The van der Waals surface area contributed by atoms with E-state index >= 15 is 0 Å². The molecule has 13 nitrogen and oxygen atoms in total. The molecule has 4 amide bonds. The number of aliphatic carboxylic acids is 1. The zero-order chi connectivity index (χ0) is 22.8. The van der Waals surface area contributed by atoms with Crippen LogP contribution in [0.25, 0.3) is 0 Å². The lowest BCUT2D eigenvalue weighted by Gasteiger charge is -2.26. The molecule has 5 atom stereocenters. The van der Waals surface area contributed by atoms with E-state index in [2.05, 4.69) is 16.0 Å². The zero-order valence-electron chi connectivity index (χ0n) is 16.6. The monoisotopic (exact) mass is 431 g/mol. The van der Waals surface area contributed by atoms with Crippen molar-refractivity contribution in [2.45, 2.75) is 62.9 Å². The van der Waals surface area contributed by atoms with Crippen molar-refractivity contribution in [1.82, 2.24) is 21.3 Å². The fourth-order valence-corrected chi connectivity index (χ4v) is 2.84. The average molecular weight is 431 g/mol. The van der Waals surface area contributed by atoms with Gasteiger partial charge in [0.1, 0.15) is 18.1 Å². The average Bonchev–Trinajstić information content (AvgIpc) is 3.21. The molecule has 0 aromatic heterocycles. The fourth-order valence-electron chi connectivity index (χ4n) is 2.84. The molecule has 0 spiro atoms. The molecular formula is C17H29N5O8. The van der Waals surface area contributed by atoms with Crippen LogP contribution < -0.4 is 27.0 Å². The SMILES string of the molecule is CC(O)C(NC(=O)C(CCC(N)=O)NC(=O)C1CCCN1)C(=O)NC(CO)C(=O)O. The van der Waals surface area contributed by atoms with Gasteiger partial charge in [-0.2, -0.15) is 0 Å². The maximum atomic E-state index is 12.7. The number of carbonyl (C=O) groups excluding carboxylic acids is 4. The van der Waals surface area contributed by atoms with Gasteiger partial charge in [0.25, 0.3) is 0 Å². The van der Waals surface area contributed by atoms with Crippen LogP contribution in [0.4, 0.5) is 0 Å². The summed E-state index contributed by atoms with van der Waals surface area (Å²) in [7, 11) is 0. The highest BCUT2D eigenvalue weighted by molar-refractivity contribution is 5.94. The first-order valence-corrected chi connectivity index (χ1v) is 9.51. The third-order valence-corrected chi connectivity index (χ3v) is 4.55. The van der Waals surface area contributed by atoms with Gasteiger partial charge in [-0.3, -0.25) is 19.2 Å². The summed E-state index contributed by atoms with van der Waals surface area (Å²) in [4.78, 5) is 59.3. The third-order valence-electron chi connectivity index (χ3n) is 4.55. The molecule has 30 heavy (non-hydrogen) atoms. The number of carbonyl (C=O) groups is 5. The molecule has 0 aromatic carbocycles. The van der Waals surface area contributed by atoms with Crippen LogP contribution in [0, 0.1) is 0 Å². The molecular weight excluding hydrogens is 402 g/mol. The van der Waals surface area contributed by atoms with E-state index in [1.54, 1.807) is 0 Å². The normalized spacial score (nSPS) is 19.8. The van der Waals surface area contributed by atoms with Gasteiger partial charge in [0, 0.05) is 6.42 Å². The molecule has 0 saturated carbocycles. The molecule has 0 aromatic rings. The Labute approximate surface area is 172 Å². The number of nitrogens with two attached hydrogens (primary N) is 1. The van der Waals surface area contributed by atoms with Crippen LogP contribution in [-0.2, 0) is 24.0 Å². The van der Waals surface area contributed by atoms with E-state index in [0.717, 1.165) is 6.42 Å². The molecule has 170 valence electrons. The first kappa shape index (κ1) is 25.3. The Morgan fingerprint density at radius 1 is 1.10 bits per heavy atom. The molecule has 5 unspecified atom stereocenters. The Balaban J connectivity index is 2.87. The highest BCUT2D eigenvalue weighted by Crippen LogP contribution is 2.07. The number of rotatable bonds is 12. The van der Waals surface area contributed by atoms with E-state index in [1.165, 1.54) is 6.92 Å². The number of hydrogen-bond acceptors (Lipinski definition) is 8. The van der Waals surface area contributed by atoms with Gasteiger partial charge in [-0.05, 0) is 32.7 Å².